The number of rotatable bonds is 6. The van der Waals surface area contributed by atoms with Crippen LogP contribution < -0.4 is 5.32 Å². The largest absolute Gasteiger partial charge is 0.481 e. The molecule has 0 aromatic heterocycles. The Balaban J connectivity index is 2.43. The molecule has 0 amide bonds. The van der Waals surface area contributed by atoms with Crippen LogP contribution in [0.25, 0.3) is 0 Å². The van der Waals surface area contributed by atoms with Gasteiger partial charge in [-0.05, 0) is 31.8 Å². The van der Waals surface area contributed by atoms with Crippen molar-refractivity contribution in [2.45, 2.75) is 39.2 Å². The van der Waals surface area contributed by atoms with Gasteiger partial charge in [-0.1, -0.05) is 13.8 Å². The average molecular weight is 228 g/mol. The highest BCUT2D eigenvalue weighted by Crippen LogP contribution is 2.19. The van der Waals surface area contributed by atoms with Crippen LogP contribution in [0, 0.1) is 5.92 Å². The van der Waals surface area contributed by atoms with Gasteiger partial charge in [-0.3, -0.25) is 4.79 Å². The molecule has 0 aromatic rings. The van der Waals surface area contributed by atoms with Gasteiger partial charge >= 0.3 is 5.97 Å². The van der Waals surface area contributed by atoms with Crippen LogP contribution in [0.3, 0.4) is 0 Å². The van der Waals surface area contributed by atoms with E-state index in [1.807, 2.05) is 0 Å². The number of hydrogen-bond acceptors (Lipinski definition) is 3. The predicted molar refractivity (Wildman–Crippen MR) is 64.6 cm³/mol. The van der Waals surface area contributed by atoms with Crippen molar-refractivity contribution < 1.29 is 9.90 Å². The number of carbonyl (C=O) groups is 1. The monoisotopic (exact) mass is 228 g/mol. The molecule has 2 atom stereocenters. The minimum atomic E-state index is -0.669. The number of aliphatic carboxylic acids is 1. The molecule has 0 aliphatic carbocycles. The van der Waals surface area contributed by atoms with Crippen LogP contribution in [0.5, 0.6) is 0 Å². The molecule has 0 saturated carbocycles. The van der Waals surface area contributed by atoms with Gasteiger partial charge in [-0.25, -0.2) is 0 Å². The molecule has 4 heteroatoms. The minimum Gasteiger partial charge on any atom is -0.481 e. The lowest BCUT2D eigenvalue weighted by Gasteiger charge is -2.37. The van der Waals surface area contributed by atoms with Crippen molar-refractivity contribution in [3.05, 3.63) is 0 Å². The fraction of sp³-hybridized carbons (Fsp3) is 0.917. The molecule has 4 nitrogen and oxygen atoms in total. The first-order valence-corrected chi connectivity index (χ1v) is 6.33. The standard InChI is InChI=1S/C12H24N2O2/c1-3-5-13-11-6-10(7-12(15)16)8-14(4-2)9-11/h10-11,13H,3-9H2,1-2H3,(H,15,16). The molecular weight excluding hydrogens is 204 g/mol. The first-order chi connectivity index (χ1) is 7.65. The van der Waals surface area contributed by atoms with Crippen molar-refractivity contribution in [2.24, 2.45) is 5.92 Å². The number of carboxylic acids is 1. The summed E-state index contributed by atoms with van der Waals surface area (Å²) in [6.45, 7) is 8.34. The number of hydrogen-bond donors (Lipinski definition) is 2. The molecule has 2 unspecified atom stereocenters. The molecule has 2 N–H and O–H groups in total. The van der Waals surface area contributed by atoms with E-state index in [0.29, 0.717) is 18.4 Å². The summed E-state index contributed by atoms with van der Waals surface area (Å²) in [7, 11) is 0. The van der Waals surface area contributed by atoms with E-state index in [9.17, 15) is 4.79 Å². The summed E-state index contributed by atoms with van der Waals surface area (Å²) < 4.78 is 0. The van der Waals surface area contributed by atoms with Gasteiger partial charge in [0.2, 0.25) is 0 Å². The first-order valence-electron chi connectivity index (χ1n) is 6.33. The van der Waals surface area contributed by atoms with Crippen molar-refractivity contribution in [1.29, 1.82) is 0 Å². The second-order valence-corrected chi connectivity index (χ2v) is 4.70. The second-order valence-electron chi connectivity index (χ2n) is 4.70. The van der Waals surface area contributed by atoms with Crippen LogP contribution >= 0.6 is 0 Å². The summed E-state index contributed by atoms with van der Waals surface area (Å²) in [5, 5.41) is 12.4. The Bertz CT molecular complexity index is 221. The van der Waals surface area contributed by atoms with E-state index in [0.717, 1.165) is 39.0 Å². The van der Waals surface area contributed by atoms with E-state index in [1.54, 1.807) is 0 Å². The smallest absolute Gasteiger partial charge is 0.303 e. The Kier molecular flexibility index (Phi) is 5.77. The topological polar surface area (TPSA) is 52.6 Å². The van der Waals surface area contributed by atoms with Gasteiger partial charge in [0.25, 0.3) is 0 Å². The molecule has 0 bridgehead atoms. The SMILES string of the molecule is CCCNC1CC(CC(=O)O)CN(CC)C1. The quantitative estimate of drug-likeness (QED) is 0.716. The summed E-state index contributed by atoms with van der Waals surface area (Å²) >= 11 is 0. The molecule has 1 heterocycles. The Labute approximate surface area is 98.0 Å². The normalized spacial score (nSPS) is 26.9. The van der Waals surface area contributed by atoms with Gasteiger partial charge in [0.15, 0.2) is 0 Å². The molecule has 1 aliphatic heterocycles. The van der Waals surface area contributed by atoms with Gasteiger partial charge in [0.05, 0.1) is 0 Å². The number of likely N-dealkylation sites (tertiary alicyclic amines) is 1. The highest BCUT2D eigenvalue weighted by atomic mass is 16.4. The molecule has 1 saturated heterocycles. The Morgan fingerprint density at radius 2 is 2.19 bits per heavy atom. The summed E-state index contributed by atoms with van der Waals surface area (Å²) in [5.41, 5.74) is 0. The molecule has 16 heavy (non-hydrogen) atoms. The van der Waals surface area contributed by atoms with Crippen LogP contribution in [0.4, 0.5) is 0 Å². The Hall–Kier alpha value is -0.610. The van der Waals surface area contributed by atoms with Gasteiger partial charge in [-0.2, -0.15) is 0 Å². The Morgan fingerprint density at radius 3 is 2.75 bits per heavy atom. The zero-order valence-corrected chi connectivity index (χ0v) is 10.4. The summed E-state index contributed by atoms with van der Waals surface area (Å²) in [5.74, 6) is -0.363. The zero-order valence-electron chi connectivity index (χ0n) is 10.4. The number of piperidine rings is 1. The Morgan fingerprint density at radius 1 is 1.44 bits per heavy atom. The van der Waals surface area contributed by atoms with Crippen molar-refractivity contribution >= 4 is 5.97 Å². The molecule has 0 aromatic carbocycles. The lowest BCUT2D eigenvalue weighted by atomic mass is 9.91. The van der Waals surface area contributed by atoms with Crippen molar-refractivity contribution in [1.82, 2.24) is 10.2 Å². The van der Waals surface area contributed by atoms with Gasteiger partial charge in [0.1, 0.15) is 0 Å². The van der Waals surface area contributed by atoms with E-state index in [1.165, 1.54) is 0 Å². The first kappa shape index (κ1) is 13.5. The average Bonchev–Trinajstić information content (AvgIpc) is 2.25. The maximum absolute atomic E-state index is 10.7. The van der Waals surface area contributed by atoms with Crippen LogP contribution in [-0.2, 0) is 4.79 Å². The number of carboxylic acid groups (broad SMARTS) is 1. The van der Waals surface area contributed by atoms with Crippen LogP contribution in [0.1, 0.15) is 33.1 Å². The van der Waals surface area contributed by atoms with Crippen molar-refractivity contribution in [2.75, 3.05) is 26.2 Å². The fourth-order valence-electron chi connectivity index (χ4n) is 2.45. The van der Waals surface area contributed by atoms with Crippen LogP contribution in [0.15, 0.2) is 0 Å². The third kappa shape index (κ3) is 4.49. The molecular formula is C12H24N2O2. The van der Waals surface area contributed by atoms with Gasteiger partial charge in [-0.15, -0.1) is 0 Å². The van der Waals surface area contributed by atoms with Crippen molar-refractivity contribution in [3.8, 4) is 0 Å². The molecule has 0 spiro atoms. The van der Waals surface area contributed by atoms with E-state index in [4.69, 9.17) is 5.11 Å². The maximum atomic E-state index is 10.7. The third-order valence-electron chi connectivity index (χ3n) is 3.21. The fourth-order valence-corrected chi connectivity index (χ4v) is 2.45. The highest BCUT2D eigenvalue weighted by molar-refractivity contribution is 5.67. The zero-order chi connectivity index (χ0) is 12.0. The van der Waals surface area contributed by atoms with Crippen LogP contribution in [0.2, 0.25) is 0 Å². The lowest BCUT2D eigenvalue weighted by molar-refractivity contribution is -0.138. The van der Waals surface area contributed by atoms with Gasteiger partial charge in [0, 0.05) is 25.6 Å². The van der Waals surface area contributed by atoms with Gasteiger partial charge < -0.3 is 15.3 Å². The lowest BCUT2D eigenvalue weighted by Crippen LogP contribution is -2.49. The van der Waals surface area contributed by atoms with E-state index < -0.39 is 5.97 Å². The highest BCUT2D eigenvalue weighted by Gasteiger charge is 2.27. The molecule has 1 aliphatic rings. The van der Waals surface area contributed by atoms with Crippen LogP contribution in [-0.4, -0.2) is 48.2 Å². The molecule has 94 valence electrons. The summed E-state index contributed by atoms with van der Waals surface area (Å²) in [6.07, 6.45) is 2.44. The predicted octanol–water partition coefficient (Wildman–Crippen LogP) is 1.17. The maximum Gasteiger partial charge on any atom is 0.303 e. The summed E-state index contributed by atoms with van der Waals surface area (Å²) in [4.78, 5) is 13.1. The molecule has 1 fully saturated rings. The number of nitrogens with one attached hydrogen (secondary N) is 1. The van der Waals surface area contributed by atoms with E-state index in [-0.39, 0.29) is 0 Å². The molecule has 0 radical (unpaired) electrons. The van der Waals surface area contributed by atoms with E-state index >= 15 is 0 Å². The summed E-state index contributed by atoms with van der Waals surface area (Å²) in [6, 6.07) is 0.470. The van der Waals surface area contributed by atoms with Crippen molar-refractivity contribution in [3.63, 3.8) is 0 Å². The number of nitrogens with zero attached hydrogens (tertiary/aromatic N) is 1. The number of likely N-dealkylation sites (N-methyl/N-ethyl adjacent to an activating group) is 1. The molecule has 1 rings (SSSR count). The third-order valence-corrected chi connectivity index (χ3v) is 3.21. The minimum absolute atomic E-state index is 0.306. The second kappa shape index (κ2) is 6.86. The van der Waals surface area contributed by atoms with E-state index in [2.05, 4.69) is 24.1 Å².